The minimum atomic E-state index is -3.32. The molecule has 1 aromatic heterocycles. The Bertz CT molecular complexity index is 597. The van der Waals surface area contributed by atoms with Gasteiger partial charge in [0.1, 0.15) is 4.21 Å². The van der Waals surface area contributed by atoms with Gasteiger partial charge in [0, 0.05) is 25.2 Å². The Kier molecular flexibility index (Phi) is 4.23. The first-order valence-corrected chi connectivity index (χ1v) is 9.80. The summed E-state index contributed by atoms with van der Waals surface area (Å²) in [5, 5.41) is 1.83. The normalized spacial score (nSPS) is 28.2. The lowest BCUT2D eigenvalue weighted by molar-refractivity contribution is 0.0842. The number of hydrogen-bond donors (Lipinski definition) is 0. The Labute approximate surface area is 131 Å². The fraction of sp³-hybridized carbons (Fsp3) is 0.600. The molecule has 2 aliphatic rings. The zero-order valence-electron chi connectivity index (χ0n) is 12.2. The summed E-state index contributed by atoms with van der Waals surface area (Å²) in [6.07, 6.45) is 6.22. The maximum absolute atomic E-state index is 12.8. The molecule has 3 rings (SSSR count). The smallest absolute Gasteiger partial charge is 0.252 e. The molecule has 0 N–H and O–H groups in total. The Morgan fingerprint density at radius 1 is 1.33 bits per heavy atom. The first kappa shape index (κ1) is 15.2. The van der Waals surface area contributed by atoms with Gasteiger partial charge in [-0.05, 0) is 43.7 Å². The summed E-state index contributed by atoms with van der Waals surface area (Å²) in [7, 11) is -3.32. The quantitative estimate of drug-likeness (QED) is 0.799. The summed E-state index contributed by atoms with van der Waals surface area (Å²) in [4.78, 5) is 2.43. The summed E-state index contributed by atoms with van der Waals surface area (Å²) < 4.78 is 27.7. The average molecular weight is 326 g/mol. The molecule has 6 heteroatoms. The summed E-state index contributed by atoms with van der Waals surface area (Å²) in [6, 6.07) is 3.51. The van der Waals surface area contributed by atoms with Crippen LogP contribution in [0.15, 0.2) is 34.4 Å². The summed E-state index contributed by atoms with van der Waals surface area (Å²) >= 11 is 1.31. The molecular weight excluding hydrogens is 304 g/mol. The molecule has 0 bridgehead atoms. The molecule has 1 atom stereocenters. The number of rotatable bonds is 4. The highest BCUT2D eigenvalue weighted by molar-refractivity contribution is 7.91. The van der Waals surface area contributed by atoms with Crippen LogP contribution in [0.5, 0.6) is 0 Å². The van der Waals surface area contributed by atoms with Crippen LogP contribution in [0.4, 0.5) is 0 Å². The first-order chi connectivity index (χ1) is 10.1. The predicted octanol–water partition coefficient (Wildman–Crippen LogP) is 2.55. The van der Waals surface area contributed by atoms with Gasteiger partial charge in [0.2, 0.25) is 0 Å². The van der Waals surface area contributed by atoms with Crippen LogP contribution in [-0.2, 0) is 10.0 Å². The van der Waals surface area contributed by atoms with Gasteiger partial charge in [-0.2, -0.15) is 4.31 Å². The highest BCUT2D eigenvalue weighted by atomic mass is 32.2. The van der Waals surface area contributed by atoms with Crippen molar-refractivity contribution in [2.24, 2.45) is 0 Å². The van der Waals surface area contributed by atoms with Gasteiger partial charge in [-0.15, -0.1) is 17.9 Å². The Morgan fingerprint density at radius 3 is 2.76 bits per heavy atom. The third kappa shape index (κ3) is 2.70. The van der Waals surface area contributed by atoms with Crippen molar-refractivity contribution in [3.63, 3.8) is 0 Å². The van der Waals surface area contributed by atoms with Crippen molar-refractivity contribution in [1.29, 1.82) is 0 Å². The third-order valence-electron chi connectivity index (χ3n) is 4.70. The molecule has 0 aromatic carbocycles. The molecule has 4 nitrogen and oxygen atoms in total. The number of hydrogen-bond acceptors (Lipinski definition) is 4. The number of thiophene rings is 1. The van der Waals surface area contributed by atoms with E-state index in [2.05, 4.69) is 11.5 Å². The van der Waals surface area contributed by atoms with E-state index in [1.165, 1.54) is 11.3 Å². The zero-order valence-corrected chi connectivity index (χ0v) is 13.8. The van der Waals surface area contributed by atoms with E-state index in [1.807, 2.05) is 11.5 Å². The van der Waals surface area contributed by atoms with Crippen molar-refractivity contribution >= 4 is 21.4 Å². The minimum absolute atomic E-state index is 0.0246. The summed E-state index contributed by atoms with van der Waals surface area (Å²) in [6.45, 7) is 7.02. The van der Waals surface area contributed by atoms with Crippen molar-refractivity contribution in [2.75, 3.05) is 26.2 Å². The second kappa shape index (κ2) is 5.83. The van der Waals surface area contributed by atoms with Gasteiger partial charge in [-0.25, -0.2) is 8.42 Å². The molecule has 0 unspecified atom stereocenters. The lowest BCUT2D eigenvalue weighted by atomic mass is 9.87. The second-order valence-corrected chi connectivity index (χ2v) is 9.05. The molecule has 116 valence electrons. The molecule has 1 aromatic rings. The highest BCUT2D eigenvalue weighted by Crippen LogP contribution is 2.38. The number of sulfonamides is 1. The highest BCUT2D eigenvalue weighted by Gasteiger charge is 2.46. The van der Waals surface area contributed by atoms with E-state index in [9.17, 15) is 8.42 Å². The molecule has 3 heterocycles. The van der Waals surface area contributed by atoms with E-state index in [1.54, 1.807) is 16.4 Å². The molecular formula is C15H22N2O2S2. The van der Waals surface area contributed by atoms with Crippen molar-refractivity contribution < 1.29 is 8.42 Å². The molecule has 2 fully saturated rings. The standard InChI is InChI=1S/C15H22N2O2S2/c1-2-9-16-10-4-7-15(16)8-5-11-17(13-15)21(18,19)14-6-3-12-20-14/h2-3,6,12H,1,4-5,7-11,13H2/t15-/m1/s1. The molecule has 2 saturated heterocycles. The topological polar surface area (TPSA) is 40.6 Å². The van der Waals surface area contributed by atoms with Gasteiger partial charge in [0.15, 0.2) is 0 Å². The van der Waals surface area contributed by atoms with Crippen molar-refractivity contribution in [3.05, 3.63) is 30.2 Å². The van der Waals surface area contributed by atoms with E-state index < -0.39 is 10.0 Å². The van der Waals surface area contributed by atoms with Crippen LogP contribution < -0.4 is 0 Å². The number of piperidine rings is 1. The molecule has 2 aliphatic heterocycles. The lowest BCUT2D eigenvalue weighted by Crippen LogP contribution is -2.56. The largest absolute Gasteiger partial charge is 0.293 e. The number of nitrogens with zero attached hydrogens (tertiary/aromatic N) is 2. The van der Waals surface area contributed by atoms with Gasteiger partial charge in [0.25, 0.3) is 10.0 Å². The maximum atomic E-state index is 12.8. The van der Waals surface area contributed by atoms with Crippen LogP contribution >= 0.6 is 11.3 Å². The molecule has 0 radical (unpaired) electrons. The van der Waals surface area contributed by atoms with E-state index in [-0.39, 0.29) is 5.54 Å². The van der Waals surface area contributed by atoms with Crippen LogP contribution in [0, 0.1) is 0 Å². The van der Waals surface area contributed by atoms with Gasteiger partial charge in [-0.1, -0.05) is 12.1 Å². The molecule has 0 amide bonds. The molecule has 1 spiro atoms. The summed E-state index contributed by atoms with van der Waals surface area (Å²) in [5.74, 6) is 0. The average Bonchev–Trinajstić information content (AvgIpc) is 3.11. The maximum Gasteiger partial charge on any atom is 0.252 e. The van der Waals surface area contributed by atoms with Gasteiger partial charge < -0.3 is 0 Å². The minimum Gasteiger partial charge on any atom is -0.293 e. The fourth-order valence-electron chi connectivity index (χ4n) is 3.71. The van der Waals surface area contributed by atoms with Crippen LogP contribution in [0.2, 0.25) is 0 Å². The van der Waals surface area contributed by atoms with E-state index in [0.717, 1.165) is 38.8 Å². The van der Waals surface area contributed by atoms with Gasteiger partial charge in [-0.3, -0.25) is 4.90 Å². The van der Waals surface area contributed by atoms with Gasteiger partial charge >= 0.3 is 0 Å². The van der Waals surface area contributed by atoms with E-state index in [0.29, 0.717) is 17.3 Å². The first-order valence-electron chi connectivity index (χ1n) is 7.48. The van der Waals surface area contributed by atoms with Gasteiger partial charge in [0.05, 0.1) is 0 Å². The van der Waals surface area contributed by atoms with E-state index in [4.69, 9.17) is 0 Å². The zero-order chi connectivity index (χ0) is 14.9. The fourth-order valence-corrected chi connectivity index (χ4v) is 6.41. The van der Waals surface area contributed by atoms with Crippen molar-refractivity contribution in [1.82, 2.24) is 9.21 Å². The van der Waals surface area contributed by atoms with Crippen LogP contribution in [0.25, 0.3) is 0 Å². The Balaban J connectivity index is 1.85. The van der Waals surface area contributed by atoms with Crippen molar-refractivity contribution in [3.8, 4) is 0 Å². The second-order valence-electron chi connectivity index (χ2n) is 5.94. The monoisotopic (exact) mass is 326 g/mol. The summed E-state index contributed by atoms with van der Waals surface area (Å²) in [5.41, 5.74) is 0.0246. The molecule has 0 saturated carbocycles. The molecule has 0 aliphatic carbocycles. The number of likely N-dealkylation sites (tertiary alicyclic amines) is 1. The predicted molar refractivity (Wildman–Crippen MR) is 86.0 cm³/mol. The Morgan fingerprint density at radius 2 is 2.10 bits per heavy atom. The van der Waals surface area contributed by atoms with Crippen LogP contribution in [-0.4, -0.2) is 49.3 Å². The van der Waals surface area contributed by atoms with E-state index >= 15 is 0 Å². The Hall–Kier alpha value is -0.690. The van der Waals surface area contributed by atoms with Crippen LogP contribution in [0.3, 0.4) is 0 Å². The van der Waals surface area contributed by atoms with Crippen LogP contribution in [0.1, 0.15) is 25.7 Å². The third-order valence-corrected chi connectivity index (χ3v) is 7.92. The molecule has 21 heavy (non-hydrogen) atoms. The van der Waals surface area contributed by atoms with Crippen molar-refractivity contribution in [2.45, 2.75) is 35.4 Å². The lowest BCUT2D eigenvalue weighted by Gasteiger charge is -2.45. The SMILES string of the molecule is C=CCN1CCC[C@]12CCCN(S(=O)(=O)c1cccs1)C2.